The molecule has 2 amide bonds. The van der Waals surface area contributed by atoms with E-state index in [0.717, 1.165) is 35.8 Å². The average molecular weight is 327 g/mol. The van der Waals surface area contributed by atoms with Crippen LogP contribution >= 0.6 is 15.9 Å². The van der Waals surface area contributed by atoms with Crippen molar-refractivity contribution in [2.24, 2.45) is 5.92 Å². The van der Waals surface area contributed by atoms with Crippen molar-refractivity contribution in [2.45, 2.75) is 31.8 Å². The number of amides is 2. The monoisotopic (exact) mass is 326 g/mol. The molecule has 0 aromatic heterocycles. The van der Waals surface area contributed by atoms with E-state index in [2.05, 4.69) is 26.6 Å². The van der Waals surface area contributed by atoms with Gasteiger partial charge < -0.3 is 15.7 Å². The highest BCUT2D eigenvalue weighted by Gasteiger charge is 2.20. The summed E-state index contributed by atoms with van der Waals surface area (Å²) in [6.07, 6.45) is 3.59. The quantitative estimate of drug-likeness (QED) is 0.799. The number of hydrogen-bond donors (Lipinski definition) is 3. The second kappa shape index (κ2) is 6.91. The van der Waals surface area contributed by atoms with Gasteiger partial charge in [-0.05, 0) is 53.2 Å². The third kappa shape index (κ3) is 4.51. The molecule has 1 aliphatic rings. The van der Waals surface area contributed by atoms with Crippen LogP contribution in [0.5, 0.6) is 0 Å². The summed E-state index contributed by atoms with van der Waals surface area (Å²) in [7, 11) is 0. The molecule has 1 saturated carbocycles. The number of benzene rings is 1. The molecule has 104 valence electrons. The van der Waals surface area contributed by atoms with Gasteiger partial charge in [0.2, 0.25) is 0 Å². The van der Waals surface area contributed by atoms with E-state index in [1.165, 1.54) is 0 Å². The third-order valence-electron chi connectivity index (χ3n) is 3.43. The molecule has 1 fully saturated rings. The van der Waals surface area contributed by atoms with Crippen LogP contribution in [0.2, 0.25) is 0 Å². The van der Waals surface area contributed by atoms with Crippen LogP contribution in [0.1, 0.15) is 25.7 Å². The molecule has 0 saturated heterocycles. The molecule has 3 N–H and O–H groups in total. The van der Waals surface area contributed by atoms with E-state index in [4.69, 9.17) is 0 Å². The smallest absolute Gasteiger partial charge is 0.319 e. The number of hydrogen-bond acceptors (Lipinski definition) is 2. The molecule has 0 radical (unpaired) electrons. The van der Waals surface area contributed by atoms with Crippen LogP contribution in [0, 0.1) is 5.92 Å². The summed E-state index contributed by atoms with van der Waals surface area (Å²) in [5.74, 6) is 0.383. The minimum Gasteiger partial charge on any atom is -0.393 e. The van der Waals surface area contributed by atoms with Gasteiger partial charge in [0.15, 0.2) is 0 Å². The summed E-state index contributed by atoms with van der Waals surface area (Å²) in [4.78, 5) is 11.8. The summed E-state index contributed by atoms with van der Waals surface area (Å²) in [5, 5.41) is 15.3. The Labute approximate surface area is 121 Å². The van der Waals surface area contributed by atoms with Crippen molar-refractivity contribution >= 4 is 27.6 Å². The van der Waals surface area contributed by atoms with E-state index in [1.54, 1.807) is 0 Å². The molecule has 0 heterocycles. The minimum atomic E-state index is -0.202. The van der Waals surface area contributed by atoms with E-state index in [-0.39, 0.29) is 12.1 Å². The Morgan fingerprint density at radius 3 is 2.89 bits per heavy atom. The van der Waals surface area contributed by atoms with Gasteiger partial charge in [-0.15, -0.1) is 0 Å². The van der Waals surface area contributed by atoms with Gasteiger partial charge in [0.1, 0.15) is 0 Å². The van der Waals surface area contributed by atoms with Crippen molar-refractivity contribution in [1.82, 2.24) is 5.32 Å². The predicted molar refractivity (Wildman–Crippen MR) is 79.1 cm³/mol. The Hall–Kier alpha value is -1.07. The molecule has 1 aromatic carbocycles. The lowest BCUT2D eigenvalue weighted by Crippen LogP contribution is -2.35. The highest BCUT2D eigenvalue weighted by Crippen LogP contribution is 2.24. The Bertz CT molecular complexity index is 439. The number of rotatable bonds is 3. The summed E-state index contributed by atoms with van der Waals surface area (Å²) >= 11 is 3.38. The topological polar surface area (TPSA) is 61.4 Å². The molecular weight excluding hydrogens is 308 g/mol. The number of anilines is 1. The fourth-order valence-electron chi connectivity index (χ4n) is 2.41. The van der Waals surface area contributed by atoms with Crippen LogP contribution in [0.15, 0.2) is 28.7 Å². The van der Waals surface area contributed by atoms with Crippen LogP contribution in [0.25, 0.3) is 0 Å². The van der Waals surface area contributed by atoms with Gasteiger partial charge in [-0.1, -0.05) is 18.6 Å². The molecule has 1 aliphatic carbocycles. The van der Waals surface area contributed by atoms with Gasteiger partial charge in [-0.2, -0.15) is 0 Å². The third-order valence-corrected chi connectivity index (χ3v) is 4.12. The molecule has 1 aromatic rings. The van der Waals surface area contributed by atoms with Crippen molar-refractivity contribution in [2.75, 3.05) is 11.9 Å². The van der Waals surface area contributed by atoms with Gasteiger partial charge in [0.05, 0.1) is 11.8 Å². The normalized spacial score (nSPS) is 22.8. The number of aliphatic hydroxyl groups excluding tert-OH is 1. The van der Waals surface area contributed by atoms with E-state index in [1.807, 2.05) is 24.3 Å². The van der Waals surface area contributed by atoms with Crippen LogP contribution in [-0.2, 0) is 0 Å². The van der Waals surface area contributed by atoms with Crippen molar-refractivity contribution in [3.63, 3.8) is 0 Å². The fourth-order valence-corrected chi connectivity index (χ4v) is 2.80. The molecule has 0 bridgehead atoms. The summed E-state index contributed by atoms with van der Waals surface area (Å²) < 4.78 is 0.859. The molecule has 5 heteroatoms. The minimum absolute atomic E-state index is 0.202. The Morgan fingerprint density at radius 1 is 1.37 bits per heavy atom. The number of carbonyl (C=O) groups excluding carboxylic acids is 1. The first-order valence-electron chi connectivity index (χ1n) is 6.62. The molecular formula is C14H19BrN2O2. The SMILES string of the molecule is O=C(NCC1CCCC(O)C1)Nc1ccccc1Br. The van der Waals surface area contributed by atoms with E-state index in [0.29, 0.717) is 12.5 Å². The number of nitrogens with one attached hydrogen (secondary N) is 2. The van der Waals surface area contributed by atoms with Gasteiger partial charge in [-0.25, -0.2) is 4.79 Å². The Morgan fingerprint density at radius 2 is 2.16 bits per heavy atom. The van der Waals surface area contributed by atoms with E-state index < -0.39 is 0 Å². The molecule has 0 spiro atoms. The van der Waals surface area contributed by atoms with Crippen LogP contribution < -0.4 is 10.6 Å². The number of urea groups is 1. The first-order chi connectivity index (χ1) is 9.15. The maximum atomic E-state index is 11.8. The first kappa shape index (κ1) is 14.3. The largest absolute Gasteiger partial charge is 0.393 e. The predicted octanol–water partition coefficient (Wildman–Crippen LogP) is 3.12. The van der Waals surface area contributed by atoms with Gasteiger partial charge in [-0.3, -0.25) is 0 Å². The van der Waals surface area contributed by atoms with Gasteiger partial charge in [0, 0.05) is 11.0 Å². The standard InChI is InChI=1S/C14H19BrN2O2/c15-12-6-1-2-7-13(12)17-14(19)16-9-10-4-3-5-11(18)8-10/h1-2,6-7,10-11,18H,3-5,8-9H2,(H2,16,17,19). The zero-order valence-corrected chi connectivity index (χ0v) is 12.3. The van der Waals surface area contributed by atoms with E-state index >= 15 is 0 Å². The average Bonchev–Trinajstić information content (AvgIpc) is 2.39. The summed E-state index contributed by atoms with van der Waals surface area (Å²) in [6, 6.07) is 7.29. The van der Waals surface area contributed by atoms with Crippen molar-refractivity contribution in [1.29, 1.82) is 0 Å². The molecule has 4 nitrogen and oxygen atoms in total. The van der Waals surface area contributed by atoms with Crippen molar-refractivity contribution in [3.8, 4) is 0 Å². The molecule has 2 unspecified atom stereocenters. The highest BCUT2D eigenvalue weighted by atomic mass is 79.9. The lowest BCUT2D eigenvalue weighted by Gasteiger charge is -2.25. The number of halogens is 1. The summed E-state index contributed by atoms with van der Waals surface area (Å²) in [6.45, 7) is 0.618. The molecule has 0 aliphatic heterocycles. The molecule has 2 rings (SSSR count). The lowest BCUT2D eigenvalue weighted by atomic mass is 9.87. The van der Waals surface area contributed by atoms with Crippen LogP contribution in [-0.4, -0.2) is 23.8 Å². The number of para-hydroxylation sites is 1. The van der Waals surface area contributed by atoms with E-state index in [9.17, 15) is 9.90 Å². The fraction of sp³-hybridized carbons (Fsp3) is 0.500. The maximum absolute atomic E-state index is 11.8. The highest BCUT2D eigenvalue weighted by molar-refractivity contribution is 9.10. The van der Waals surface area contributed by atoms with Gasteiger partial charge in [0.25, 0.3) is 0 Å². The van der Waals surface area contributed by atoms with Crippen molar-refractivity contribution < 1.29 is 9.90 Å². The zero-order chi connectivity index (χ0) is 13.7. The van der Waals surface area contributed by atoms with Crippen molar-refractivity contribution in [3.05, 3.63) is 28.7 Å². The number of carbonyl (C=O) groups is 1. The molecule has 19 heavy (non-hydrogen) atoms. The van der Waals surface area contributed by atoms with Crippen LogP contribution in [0.4, 0.5) is 10.5 Å². The Kier molecular flexibility index (Phi) is 5.22. The second-order valence-corrected chi connectivity index (χ2v) is 5.86. The molecule has 2 atom stereocenters. The van der Waals surface area contributed by atoms with Gasteiger partial charge >= 0.3 is 6.03 Å². The number of aliphatic hydroxyl groups is 1. The first-order valence-corrected chi connectivity index (χ1v) is 7.42. The lowest BCUT2D eigenvalue weighted by molar-refractivity contribution is 0.101. The Balaban J connectivity index is 1.77. The second-order valence-electron chi connectivity index (χ2n) is 5.00. The summed E-state index contributed by atoms with van der Waals surface area (Å²) in [5.41, 5.74) is 0.753. The zero-order valence-electron chi connectivity index (χ0n) is 10.7. The maximum Gasteiger partial charge on any atom is 0.319 e. The van der Waals surface area contributed by atoms with Crippen LogP contribution in [0.3, 0.4) is 0 Å².